The number of carbonyl (C=O) groups excluding carboxylic acids is 1. The van der Waals surface area contributed by atoms with Crippen LogP contribution in [0.3, 0.4) is 0 Å². The van der Waals surface area contributed by atoms with Crippen molar-refractivity contribution in [3.63, 3.8) is 0 Å². The summed E-state index contributed by atoms with van der Waals surface area (Å²) in [6.07, 6.45) is 0. The van der Waals surface area contributed by atoms with E-state index in [1.165, 1.54) is 13.8 Å². The molecule has 0 atom stereocenters. The molecule has 0 radical (unpaired) electrons. The molecule has 0 aliphatic rings. The molecule has 1 aromatic rings. The summed E-state index contributed by atoms with van der Waals surface area (Å²) < 4.78 is 24.3. The van der Waals surface area contributed by atoms with Gasteiger partial charge in [-0.3, -0.25) is 9.48 Å². The molecular weight excluding hydrogens is 314 g/mol. The number of hydrogen-bond donors (Lipinski definition) is 1. The molecular formula is C16H29N3O3S. The fraction of sp³-hybridized carbons (Fsp3) is 0.750. The monoisotopic (exact) mass is 343 g/mol. The third kappa shape index (κ3) is 3.59. The van der Waals surface area contributed by atoms with Crippen LogP contribution in [0.4, 0.5) is 5.82 Å². The van der Waals surface area contributed by atoms with Crippen LogP contribution in [0, 0.1) is 0 Å². The van der Waals surface area contributed by atoms with Crippen LogP contribution in [0.1, 0.15) is 61.1 Å². The Morgan fingerprint density at radius 1 is 1.09 bits per heavy atom. The van der Waals surface area contributed by atoms with Gasteiger partial charge in [0.1, 0.15) is 10.6 Å². The topological polar surface area (TPSA) is 81.1 Å². The molecule has 7 heteroatoms. The first-order valence-electron chi connectivity index (χ1n) is 7.62. The molecule has 0 saturated carbocycles. The SMILES string of the molecule is Cn1nc(C(C)(C)C)cc1NC(=O)C(C)(C)S(=O)(=O)C(C)(C)C. The minimum absolute atomic E-state index is 0.159. The number of sulfone groups is 1. The van der Waals surface area contributed by atoms with Gasteiger partial charge in [0.2, 0.25) is 5.91 Å². The van der Waals surface area contributed by atoms with E-state index < -0.39 is 25.2 Å². The number of aryl methyl sites for hydroxylation is 1. The molecule has 6 nitrogen and oxygen atoms in total. The van der Waals surface area contributed by atoms with E-state index in [0.717, 1.165) is 5.69 Å². The van der Waals surface area contributed by atoms with Crippen LogP contribution < -0.4 is 5.32 Å². The minimum Gasteiger partial charge on any atom is -0.310 e. The maximum absolute atomic E-state index is 12.7. The van der Waals surface area contributed by atoms with Gasteiger partial charge in [-0.05, 0) is 34.6 Å². The Morgan fingerprint density at radius 2 is 1.57 bits per heavy atom. The van der Waals surface area contributed by atoms with Gasteiger partial charge in [-0.1, -0.05) is 20.8 Å². The van der Waals surface area contributed by atoms with Gasteiger partial charge in [0.05, 0.1) is 10.4 Å². The number of aromatic nitrogens is 2. The Balaban J connectivity index is 3.16. The van der Waals surface area contributed by atoms with Crippen molar-refractivity contribution < 1.29 is 13.2 Å². The molecule has 0 unspecified atom stereocenters. The molecule has 23 heavy (non-hydrogen) atoms. The van der Waals surface area contributed by atoms with Crippen molar-refractivity contribution in [3.8, 4) is 0 Å². The maximum Gasteiger partial charge on any atom is 0.246 e. The van der Waals surface area contributed by atoms with Gasteiger partial charge in [0.15, 0.2) is 9.84 Å². The van der Waals surface area contributed by atoms with Gasteiger partial charge in [-0.25, -0.2) is 8.42 Å². The average molecular weight is 343 g/mol. The number of anilines is 1. The zero-order valence-corrected chi connectivity index (χ0v) is 16.4. The fourth-order valence-electron chi connectivity index (χ4n) is 2.11. The van der Waals surface area contributed by atoms with Crippen LogP contribution in [0.2, 0.25) is 0 Å². The quantitative estimate of drug-likeness (QED) is 0.915. The summed E-state index contributed by atoms with van der Waals surface area (Å²) in [4.78, 5) is 12.6. The first-order valence-corrected chi connectivity index (χ1v) is 9.10. The lowest BCUT2D eigenvalue weighted by Gasteiger charge is -2.31. The highest BCUT2D eigenvalue weighted by atomic mass is 32.2. The first-order chi connectivity index (χ1) is 10.0. The molecule has 1 heterocycles. The summed E-state index contributed by atoms with van der Waals surface area (Å²) >= 11 is 0. The van der Waals surface area contributed by atoms with E-state index in [1.807, 2.05) is 20.8 Å². The van der Waals surface area contributed by atoms with Crippen LogP contribution in [-0.4, -0.2) is 33.6 Å². The highest BCUT2D eigenvalue weighted by Crippen LogP contribution is 2.30. The molecule has 0 fully saturated rings. The molecule has 1 aromatic heterocycles. The highest BCUT2D eigenvalue weighted by molar-refractivity contribution is 7.94. The molecule has 1 N–H and O–H groups in total. The second-order valence-corrected chi connectivity index (χ2v) is 11.6. The van der Waals surface area contributed by atoms with Gasteiger partial charge in [0.25, 0.3) is 0 Å². The summed E-state index contributed by atoms with van der Waals surface area (Å²) in [7, 11) is -1.95. The lowest BCUT2D eigenvalue weighted by Crippen LogP contribution is -2.51. The summed E-state index contributed by atoms with van der Waals surface area (Å²) in [6.45, 7) is 13.7. The lowest BCUT2D eigenvalue weighted by molar-refractivity contribution is -0.117. The second kappa shape index (κ2) is 5.61. The lowest BCUT2D eigenvalue weighted by atomic mass is 9.92. The Kier molecular flexibility index (Phi) is 4.80. The molecule has 0 bridgehead atoms. The molecule has 1 amide bonds. The Labute approximate surface area is 139 Å². The number of amides is 1. The first kappa shape index (κ1) is 19.7. The van der Waals surface area contributed by atoms with Crippen molar-refractivity contribution >= 4 is 21.6 Å². The molecule has 0 aromatic carbocycles. The largest absolute Gasteiger partial charge is 0.310 e. The van der Waals surface area contributed by atoms with Crippen LogP contribution in [0.15, 0.2) is 6.07 Å². The van der Waals surface area contributed by atoms with Gasteiger partial charge >= 0.3 is 0 Å². The van der Waals surface area contributed by atoms with E-state index in [4.69, 9.17) is 0 Å². The smallest absolute Gasteiger partial charge is 0.246 e. The number of nitrogens with zero attached hydrogens (tertiary/aromatic N) is 2. The minimum atomic E-state index is -3.67. The van der Waals surface area contributed by atoms with E-state index in [9.17, 15) is 13.2 Å². The number of rotatable bonds is 3. The van der Waals surface area contributed by atoms with Crippen molar-refractivity contribution in [3.05, 3.63) is 11.8 Å². The number of carbonyl (C=O) groups is 1. The third-order valence-corrected chi connectivity index (χ3v) is 7.06. The van der Waals surface area contributed by atoms with Gasteiger partial charge in [-0.15, -0.1) is 0 Å². The average Bonchev–Trinajstić information content (AvgIpc) is 2.69. The Hall–Kier alpha value is -1.37. The van der Waals surface area contributed by atoms with E-state index in [-0.39, 0.29) is 5.41 Å². The van der Waals surface area contributed by atoms with E-state index >= 15 is 0 Å². The van der Waals surface area contributed by atoms with Crippen molar-refractivity contribution in [1.82, 2.24) is 9.78 Å². The predicted octanol–water partition coefficient (Wildman–Crippen LogP) is 2.65. The zero-order valence-electron chi connectivity index (χ0n) is 15.6. The second-order valence-electron chi connectivity index (χ2n) is 8.37. The predicted molar refractivity (Wildman–Crippen MR) is 93.3 cm³/mol. The molecule has 0 spiro atoms. The van der Waals surface area contributed by atoms with E-state index in [1.54, 1.807) is 38.6 Å². The molecule has 0 saturated heterocycles. The molecule has 0 aliphatic heterocycles. The van der Waals surface area contributed by atoms with Gasteiger partial charge < -0.3 is 5.32 Å². The van der Waals surface area contributed by atoms with Crippen LogP contribution in [-0.2, 0) is 27.1 Å². The van der Waals surface area contributed by atoms with Crippen molar-refractivity contribution in [2.75, 3.05) is 5.32 Å². The normalized spacial score (nSPS) is 14.0. The number of nitrogens with one attached hydrogen (secondary N) is 1. The van der Waals surface area contributed by atoms with E-state index in [0.29, 0.717) is 5.82 Å². The van der Waals surface area contributed by atoms with E-state index in [2.05, 4.69) is 10.4 Å². The van der Waals surface area contributed by atoms with Gasteiger partial charge in [0, 0.05) is 18.5 Å². The maximum atomic E-state index is 12.7. The van der Waals surface area contributed by atoms with Crippen LogP contribution in [0.25, 0.3) is 0 Å². The molecule has 1 rings (SSSR count). The van der Waals surface area contributed by atoms with Crippen molar-refractivity contribution in [2.45, 2.75) is 70.3 Å². The van der Waals surface area contributed by atoms with Gasteiger partial charge in [-0.2, -0.15) is 5.10 Å². The Morgan fingerprint density at radius 3 is 1.91 bits per heavy atom. The summed E-state index contributed by atoms with van der Waals surface area (Å²) in [5, 5.41) is 7.08. The summed E-state index contributed by atoms with van der Waals surface area (Å²) in [5.74, 6) is -0.0759. The molecule has 0 aliphatic carbocycles. The fourth-order valence-corrected chi connectivity index (χ4v) is 3.93. The highest BCUT2D eigenvalue weighted by Gasteiger charge is 2.48. The zero-order chi connectivity index (χ0) is 18.4. The van der Waals surface area contributed by atoms with Crippen molar-refractivity contribution in [1.29, 1.82) is 0 Å². The summed E-state index contributed by atoms with van der Waals surface area (Å²) in [5.41, 5.74) is 0.667. The molecule has 132 valence electrons. The third-order valence-electron chi connectivity index (χ3n) is 3.91. The Bertz CT molecular complexity index is 702. The number of hydrogen-bond acceptors (Lipinski definition) is 4. The van der Waals surface area contributed by atoms with Crippen LogP contribution >= 0.6 is 0 Å². The van der Waals surface area contributed by atoms with Crippen molar-refractivity contribution in [2.24, 2.45) is 7.05 Å². The standard InChI is InChI=1S/C16H29N3O3S/c1-14(2,3)11-10-12(19(9)18-11)17-13(20)16(7,8)23(21,22)15(4,5)6/h10H,1-9H3,(H,17,20). The summed E-state index contributed by atoms with van der Waals surface area (Å²) in [6, 6.07) is 1.78. The van der Waals surface area contributed by atoms with Crippen LogP contribution in [0.5, 0.6) is 0 Å².